The first-order valence-electron chi connectivity index (χ1n) is 6.49. The van der Waals surface area contributed by atoms with Gasteiger partial charge in [-0.15, -0.1) is 0 Å². The Morgan fingerprint density at radius 2 is 1.50 bits per heavy atom. The summed E-state index contributed by atoms with van der Waals surface area (Å²) in [5, 5.41) is 0. The number of amides is 2. The molecule has 1 atom stereocenters. The second kappa shape index (κ2) is 3.70. The third-order valence-corrected chi connectivity index (χ3v) is 4.01. The molecule has 2 aliphatic rings. The molecule has 0 radical (unpaired) electrons. The molecule has 4 nitrogen and oxygen atoms in total. The topological polar surface area (TPSA) is 40.6 Å². The molecule has 2 aliphatic heterocycles. The molecule has 4 heteroatoms. The Kier molecular flexibility index (Phi) is 2.07. The van der Waals surface area contributed by atoms with Crippen LogP contribution in [0.2, 0.25) is 0 Å². The van der Waals surface area contributed by atoms with Crippen molar-refractivity contribution in [1.29, 1.82) is 0 Å². The number of benzene rings is 2. The van der Waals surface area contributed by atoms with Gasteiger partial charge in [0.15, 0.2) is 0 Å². The Bertz CT molecular complexity index is 754. The number of anilines is 1. The summed E-state index contributed by atoms with van der Waals surface area (Å²) < 4.78 is 0. The van der Waals surface area contributed by atoms with E-state index in [1.165, 1.54) is 0 Å². The van der Waals surface area contributed by atoms with E-state index in [4.69, 9.17) is 0 Å². The molecule has 4 rings (SSSR count). The molecule has 98 valence electrons. The third-order valence-electron chi connectivity index (χ3n) is 4.01. The summed E-state index contributed by atoms with van der Waals surface area (Å²) >= 11 is 0. The number of carbonyl (C=O) groups is 2. The quantitative estimate of drug-likeness (QED) is 0.733. The lowest BCUT2D eigenvalue weighted by Gasteiger charge is -2.38. The predicted octanol–water partition coefficient (Wildman–Crippen LogP) is 2.43. The van der Waals surface area contributed by atoms with E-state index in [1.54, 1.807) is 22.9 Å². The highest BCUT2D eigenvalue weighted by molar-refractivity contribution is 6.16. The average Bonchev–Trinajstić information content (AvgIpc) is 2.79. The van der Waals surface area contributed by atoms with Crippen LogP contribution >= 0.6 is 0 Å². The summed E-state index contributed by atoms with van der Waals surface area (Å²) in [6.07, 6.45) is -0.332. The molecule has 2 aromatic rings. The molecule has 2 heterocycles. The van der Waals surface area contributed by atoms with E-state index in [0.29, 0.717) is 16.8 Å². The van der Waals surface area contributed by atoms with Crippen molar-refractivity contribution >= 4 is 17.5 Å². The van der Waals surface area contributed by atoms with Crippen molar-refractivity contribution in [1.82, 2.24) is 4.90 Å². The van der Waals surface area contributed by atoms with Crippen molar-refractivity contribution in [3.63, 3.8) is 0 Å². The summed E-state index contributed by atoms with van der Waals surface area (Å²) in [6, 6.07) is 14.7. The van der Waals surface area contributed by atoms with Crippen molar-refractivity contribution in [3.05, 3.63) is 65.2 Å². The number of carbonyl (C=O) groups excluding carboxylic acids is 2. The summed E-state index contributed by atoms with van der Waals surface area (Å²) in [6.45, 7) is 0. The van der Waals surface area contributed by atoms with E-state index in [-0.39, 0.29) is 18.0 Å². The number of rotatable bonds is 0. The van der Waals surface area contributed by atoms with Crippen LogP contribution in [0.3, 0.4) is 0 Å². The lowest BCUT2D eigenvalue weighted by Crippen LogP contribution is -2.46. The van der Waals surface area contributed by atoms with Gasteiger partial charge < -0.3 is 4.90 Å². The van der Waals surface area contributed by atoms with Gasteiger partial charge in [-0.3, -0.25) is 14.5 Å². The van der Waals surface area contributed by atoms with Gasteiger partial charge in [0, 0.05) is 18.2 Å². The normalized spacial score (nSPS) is 19.8. The molecule has 2 aromatic carbocycles. The van der Waals surface area contributed by atoms with E-state index in [2.05, 4.69) is 0 Å². The highest BCUT2D eigenvalue weighted by atomic mass is 16.2. The van der Waals surface area contributed by atoms with Crippen LogP contribution in [0.5, 0.6) is 0 Å². The van der Waals surface area contributed by atoms with Crippen LogP contribution in [0, 0.1) is 0 Å². The Balaban J connectivity index is 2.01. The maximum absolute atomic E-state index is 12.6. The lowest BCUT2D eigenvalue weighted by molar-refractivity contribution is 0.0702. The molecule has 0 bridgehead atoms. The van der Waals surface area contributed by atoms with Crippen LogP contribution in [0.4, 0.5) is 5.69 Å². The molecule has 2 amide bonds. The van der Waals surface area contributed by atoms with E-state index in [9.17, 15) is 9.59 Å². The lowest BCUT2D eigenvalue weighted by atomic mass is 10.0. The summed E-state index contributed by atoms with van der Waals surface area (Å²) in [4.78, 5) is 28.4. The molecule has 0 saturated carbocycles. The van der Waals surface area contributed by atoms with Gasteiger partial charge in [-0.1, -0.05) is 30.3 Å². The third kappa shape index (κ3) is 1.20. The zero-order valence-corrected chi connectivity index (χ0v) is 10.9. The molecule has 20 heavy (non-hydrogen) atoms. The Morgan fingerprint density at radius 3 is 2.30 bits per heavy atom. The molecule has 0 aliphatic carbocycles. The first-order valence-corrected chi connectivity index (χ1v) is 6.49. The van der Waals surface area contributed by atoms with Crippen LogP contribution < -0.4 is 4.90 Å². The highest BCUT2D eigenvalue weighted by Gasteiger charge is 2.45. The molecule has 0 N–H and O–H groups in total. The number of hydrogen-bond donors (Lipinski definition) is 0. The van der Waals surface area contributed by atoms with E-state index < -0.39 is 0 Å². The van der Waals surface area contributed by atoms with Crippen molar-refractivity contribution in [2.75, 3.05) is 11.9 Å². The fourth-order valence-electron chi connectivity index (χ4n) is 3.09. The summed E-state index contributed by atoms with van der Waals surface area (Å²) in [5.41, 5.74) is 2.84. The minimum Gasteiger partial charge on any atom is -0.317 e. The maximum Gasteiger partial charge on any atom is 0.260 e. The second-order valence-electron chi connectivity index (χ2n) is 5.07. The van der Waals surface area contributed by atoms with Gasteiger partial charge in [0.05, 0.1) is 11.3 Å². The predicted molar refractivity (Wildman–Crippen MR) is 74.5 cm³/mol. The van der Waals surface area contributed by atoms with Crippen LogP contribution in [0.25, 0.3) is 0 Å². The smallest absolute Gasteiger partial charge is 0.260 e. The SMILES string of the molecule is CN1C(=O)c2ccccc2N2C(=O)c3ccccc3C12. The van der Waals surface area contributed by atoms with Crippen molar-refractivity contribution in [2.24, 2.45) is 0 Å². The minimum absolute atomic E-state index is 0.0441. The maximum atomic E-state index is 12.6. The minimum atomic E-state index is -0.332. The van der Waals surface area contributed by atoms with Crippen LogP contribution in [-0.2, 0) is 0 Å². The van der Waals surface area contributed by atoms with Crippen molar-refractivity contribution < 1.29 is 9.59 Å². The van der Waals surface area contributed by atoms with Gasteiger partial charge in [0.1, 0.15) is 6.17 Å². The standard InChI is InChI=1S/C16H12N2O2/c1-17-14-10-6-2-3-7-11(10)16(20)18(14)13-9-5-4-8-12(13)15(17)19/h2-9,14H,1H3. The van der Waals surface area contributed by atoms with Gasteiger partial charge in [-0.05, 0) is 18.2 Å². The van der Waals surface area contributed by atoms with Crippen LogP contribution in [0.1, 0.15) is 32.4 Å². The summed E-state index contributed by atoms with van der Waals surface area (Å²) in [5.74, 6) is -0.0937. The molecule has 0 aromatic heterocycles. The second-order valence-corrected chi connectivity index (χ2v) is 5.07. The fourth-order valence-corrected chi connectivity index (χ4v) is 3.09. The summed E-state index contributed by atoms with van der Waals surface area (Å²) in [7, 11) is 1.74. The molecule has 1 unspecified atom stereocenters. The van der Waals surface area contributed by atoms with Gasteiger partial charge in [0.2, 0.25) is 0 Å². The Morgan fingerprint density at radius 1 is 0.850 bits per heavy atom. The van der Waals surface area contributed by atoms with Gasteiger partial charge in [-0.2, -0.15) is 0 Å². The monoisotopic (exact) mass is 264 g/mol. The van der Waals surface area contributed by atoms with Crippen LogP contribution in [-0.4, -0.2) is 23.8 Å². The van der Waals surface area contributed by atoms with E-state index >= 15 is 0 Å². The average molecular weight is 264 g/mol. The largest absolute Gasteiger partial charge is 0.317 e. The molecule has 0 spiro atoms. The highest BCUT2D eigenvalue weighted by Crippen LogP contribution is 2.44. The fraction of sp³-hybridized carbons (Fsp3) is 0.125. The first kappa shape index (κ1) is 11.2. The molecule has 0 saturated heterocycles. The number of para-hydroxylation sites is 1. The van der Waals surface area contributed by atoms with Crippen molar-refractivity contribution in [3.8, 4) is 0 Å². The molecular formula is C16H12N2O2. The van der Waals surface area contributed by atoms with Gasteiger partial charge in [-0.25, -0.2) is 0 Å². The number of hydrogen-bond acceptors (Lipinski definition) is 2. The Hall–Kier alpha value is -2.62. The van der Waals surface area contributed by atoms with Gasteiger partial charge in [0.25, 0.3) is 11.8 Å². The zero-order valence-electron chi connectivity index (χ0n) is 10.9. The first-order chi connectivity index (χ1) is 9.70. The van der Waals surface area contributed by atoms with Gasteiger partial charge >= 0.3 is 0 Å². The molecule has 0 fully saturated rings. The van der Waals surface area contributed by atoms with E-state index in [1.807, 2.05) is 42.5 Å². The van der Waals surface area contributed by atoms with Crippen molar-refractivity contribution in [2.45, 2.75) is 6.17 Å². The Labute approximate surface area is 116 Å². The molecular weight excluding hydrogens is 252 g/mol. The van der Waals surface area contributed by atoms with E-state index in [0.717, 1.165) is 5.56 Å². The number of fused-ring (bicyclic) bond motifs is 5. The van der Waals surface area contributed by atoms with Crippen LogP contribution in [0.15, 0.2) is 48.5 Å². The number of nitrogens with zero attached hydrogens (tertiary/aromatic N) is 2. The zero-order chi connectivity index (χ0) is 13.9.